The zero-order valence-corrected chi connectivity index (χ0v) is 24.4. The van der Waals surface area contributed by atoms with E-state index in [4.69, 9.17) is 28.4 Å². The predicted molar refractivity (Wildman–Crippen MR) is 158 cm³/mol. The highest BCUT2D eigenvalue weighted by Gasteiger charge is 2.19. The average Bonchev–Trinajstić information content (AvgIpc) is 2.99. The number of aryl methyl sites for hydroxylation is 4. The third kappa shape index (κ3) is 6.86. The number of hydrogen-bond donors (Lipinski definition) is 3. The number of rotatable bonds is 13. The summed E-state index contributed by atoms with van der Waals surface area (Å²) in [6.07, 6.45) is 2.36. The van der Waals surface area contributed by atoms with Crippen LogP contribution in [-0.4, -0.2) is 50.9 Å². The van der Waals surface area contributed by atoms with Gasteiger partial charge in [0.15, 0.2) is 34.5 Å². The second kappa shape index (κ2) is 13.6. The molecule has 0 amide bonds. The minimum absolute atomic E-state index is 0.0211. The molecule has 0 bridgehead atoms. The van der Waals surface area contributed by atoms with E-state index in [1.165, 1.54) is 26.4 Å². The molecule has 0 heterocycles. The quantitative estimate of drug-likeness (QED) is 0.171. The van der Waals surface area contributed by atoms with Crippen LogP contribution in [0.5, 0.6) is 57.5 Å². The van der Waals surface area contributed by atoms with Crippen LogP contribution in [0.3, 0.4) is 0 Å². The van der Waals surface area contributed by atoms with Crippen LogP contribution in [0.25, 0.3) is 0 Å². The maximum atomic E-state index is 10.8. The smallest absolute Gasteiger partial charge is 0.203 e. The molecule has 222 valence electrons. The van der Waals surface area contributed by atoms with E-state index in [-0.39, 0.29) is 28.7 Å². The van der Waals surface area contributed by atoms with Crippen molar-refractivity contribution in [2.24, 2.45) is 0 Å². The Balaban J connectivity index is 1.61. The van der Waals surface area contributed by atoms with Crippen molar-refractivity contribution < 1.29 is 43.7 Å². The lowest BCUT2D eigenvalue weighted by Gasteiger charge is -2.18. The molecule has 3 N–H and O–H groups in total. The van der Waals surface area contributed by atoms with Crippen LogP contribution in [0.2, 0.25) is 0 Å². The highest BCUT2D eigenvalue weighted by molar-refractivity contribution is 5.58. The van der Waals surface area contributed by atoms with Crippen molar-refractivity contribution in [2.75, 3.05) is 35.5 Å². The topological polar surface area (TPSA) is 116 Å². The fourth-order valence-corrected chi connectivity index (χ4v) is 4.80. The number of phenolic OH excluding ortho intramolecular Hbond substituents is 3. The Morgan fingerprint density at radius 2 is 1.07 bits per heavy atom. The van der Waals surface area contributed by atoms with Crippen LogP contribution in [0.4, 0.5) is 0 Å². The van der Waals surface area contributed by atoms with Gasteiger partial charge in [-0.1, -0.05) is 12.1 Å². The maximum Gasteiger partial charge on any atom is 0.203 e. The summed E-state index contributed by atoms with van der Waals surface area (Å²) in [4.78, 5) is 0. The van der Waals surface area contributed by atoms with Gasteiger partial charge in [-0.2, -0.15) is 0 Å². The lowest BCUT2D eigenvalue weighted by Crippen LogP contribution is -2.00. The number of phenols is 3. The van der Waals surface area contributed by atoms with Crippen LogP contribution < -0.4 is 28.4 Å². The van der Waals surface area contributed by atoms with E-state index in [1.807, 2.05) is 30.3 Å². The van der Waals surface area contributed by atoms with Crippen molar-refractivity contribution in [1.82, 2.24) is 0 Å². The molecular weight excluding hydrogens is 540 g/mol. The fraction of sp³-hybridized carbons (Fsp3) is 0.273. The van der Waals surface area contributed by atoms with E-state index in [9.17, 15) is 15.3 Å². The summed E-state index contributed by atoms with van der Waals surface area (Å²) in [5.41, 5.74) is 3.48. The lowest BCUT2D eigenvalue weighted by molar-refractivity contribution is 0.335. The van der Waals surface area contributed by atoms with Crippen molar-refractivity contribution in [2.45, 2.75) is 25.7 Å². The van der Waals surface area contributed by atoms with E-state index in [0.29, 0.717) is 47.8 Å². The first-order chi connectivity index (χ1) is 20.3. The summed E-state index contributed by atoms with van der Waals surface area (Å²) >= 11 is 0. The zero-order valence-electron chi connectivity index (χ0n) is 24.4. The molecule has 42 heavy (non-hydrogen) atoms. The summed E-state index contributed by atoms with van der Waals surface area (Å²) in [5.74, 6) is 2.45. The summed E-state index contributed by atoms with van der Waals surface area (Å²) < 4.78 is 33.4. The number of ether oxygens (including phenoxy) is 6. The molecule has 4 aromatic rings. The minimum atomic E-state index is -0.150. The van der Waals surface area contributed by atoms with Gasteiger partial charge in [0.25, 0.3) is 0 Å². The minimum Gasteiger partial charge on any atom is -0.504 e. The monoisotopic (exact) mass is 576 g/mol. The van der Waals surface area contributed by atoms with Gasteiger partial charge in [0, 0.05) is 6.07 Å². The van der Waals surface area contributed by atoms with Gasteiger partial charge in [0.1, 0.15) is 11.5 Å². The Labute approximate surface area is 245 Å². The van der Waals surface area contributed by atoms with E-state index < -0.39 is 0 Å². The highest BCUT2D eigenvalue weighted by atomic mass is 16.5. The number of benzene rings is 4. The zero-order chi connectivity index (χ0) is 30.2. The van der Waals surface area contributed by atoms with Crippen LogP contribution >= 0.6 is 0 Å². The van der Waals surface area contributed by atoms with Crippen molar-refractivity contribution in [3.63, 3.8) is 0 Å². The van der Waals surface area contributed by atoms with Crippen LogP contribution in [0.15, 0.2) is 60.7 Å². The molecule has 0 saturated carbocycles. The molecule has 0 radical (unpaired) electrons. The van der Waals surface area contributed by atoms with E-state index >= 15 is 0 Å². The molecule has 9 nitrogen and oxygen atoms in total. The van der Waals surface area contributed by atoms with Crippen molar-refractivity contribution in [1.29, 1.82) is 0 Å². The van der Waals surface area contributed by atoms with E-state index in [0.717, 1.165) is 28.9 Å². The largest absolute Gasteiger partial charge is 0.504 e. The van der Waals surface area contributed by atoms with Gasteiger partial charge in [-0.15, -0.1) is 0 Å². The Bertz CT molecular complexity index is 1510. The molecule has 0 aliphatic carbocycles. The third-order valence-electron chi connectivity index (χ3n) is 6.92. The molecule has 0 unspecified atom stereocenters. The standard InChI is InChI=1S/C33H36O9/c1-37-24-8-6-7-20(13-24)11-12-23-18-30(29(39-3)19-28(23)38-2)42-31-17-22(16-27(36)33(31)41-5)10-9-21-14-25(34)32(40-4)26(35)15-21/h6-8,13-19,34-36H,9-12H2,1-5H3. The van der Waals surface area contributed by atoms with Crippen LogP contribution in [0, 0.1) is 0 Å². The normalized spacial score (nSPS) is 10.7. The highest BCUT2D eigenvalue weighted by Crippen LogP contribution is 2.44. The summed E-state index contributed by atoms with van der Waals surface area (Å²) in [6.45, 7) is 0. The second-order valence-corrected chi connectivity index (χ2v) is 9.58. The number of aromatic hydroxyl groups is 3. The lowest BCUT2D eigenvalue weighted by atomic mass is 10.0. The van der Waals surface area contributed by atoms with E-state index in [2.05, 4.69) is 0 Å². The predicted octanol–water partition coefficient (Wildman–Crippen LogP) is 6.21. The first kappa shape index (κ1) is 30.0. The first-order valence-electron chi connectivity index (χ1n) is 13.3. The van der Waals surface area contributed by atoms with Crippen molar-refractivity contribution in [3.8, 4) is 57.5 Å². The second-order valence-electron chi connectivity index (χ2n) is 9.58. The summed E-state index contributed by atoms with van der Waals surface area (Å²) in [6, 6.07) is 18.0. The van der Waals surface area contributed by atoms with Gasteiger partial charge in [-0.25, -0.2) is 0 Å². The first-order valence-corrected chi connectivity index (χ1v) is 13.3. The molecule has 0 aliphatic heterocycles. The molecule has 0 atom stereocenters. The molecule has 0 spiro atoms. The summed E-state index contributed by atoms with van der Waals surface area (Å²) in [7, 11) is 7.62. The molecule has 0 saturated heterocycles. The Morgan fingerprint density at radius 1 is 0.476 bits per heavy atom. The molecule has 4 rings (SSSR count). The van der Waals surface area contributed by atoms with Gasteiger partial charge in [-0.3, -0.25) is 0 Å². The molecule has 4 aromatic carbocycles. The van der Waals surface area contributed by atoms with Gasteiger partial charge in [0.2, 0.25) is 11.5 Å². The van der Waals surface area contributed by atoms with Crippen molar-refractivity contribution >= 4 is 0 Å². The number of methoxy groups -OCH3 is 5. The average molecular weight is 577 g/mol. The molecule has 9 heteroatoms. The molecule has 0 fully saturated rings. The maximum absolute atomic E-state index is 10.8. The van der Waals surface area contributed by atoms with Crippen LogP contribution in [-0.2, 0) is 25.7 Å². The molecule has 0 aromatic heterocycles. The Hall–Kier alpha value is -4.92. The SMILES string of the molecule is COc1cccc(CCc2cc(Oc3cc(CCc4cc(O)c(OC)c(O)c4)cc(O)c3OC)c(OC)cc2OC)c1. The molecule has 0 aliphatic rings. The van der Waals surface area contributed by atoms with Gasteiger partial charge in [-0.05, 0) is 90.4 Å². The molecular formula is C33H36O9. The van der Waals surface area contributed by atoms with Gasteiger partial charge in [0.05, 0.1) is 35.5 Å². The summed E-state index contributed by atoms with van der Waals surface area (Å²) in [5, 5.41) is 31.0. The van der Waals surface area contributed by atoms with Gasteiger partial charge < -0.3 is 43.7 Å². The Kier molecular flexibility index (Phi) is 9.75. The Morgan fingerprint density at radius 3 is 1.67 bits per heavy atom. The number of hydrogen-bond acceptors (Lipinski definition) is 9. The fourth-order valence-electron chi connectivity index (χ4n) is 4.80. The van der Waals surface area contributed by atoms with Crippen molar-refractivity contribution in [3.05, 3.63) is 82.9 Å². The van der Waals surface area contributed by atoms with Gasteiger partial charge >= 0.3 is 0 Å². The van der Waals surface area contributed by atoms with E-state index in [1.54, 1.807) is 39.5 Å². The third-order valence-corrected chi connectivity index (χ3v) is 6.92. The van der Waals surface area contributed by atoms with Crippen LogP contribution in [0.1, 0.15) is 22.3 Å².